The first kappa shape index (κ1) is 10.7. The number of rotatable bonds is 4. The van der Waals surface area contributed by atoms with E-state index in [0.29, 0.717) is 6.54 Å². The molecule has 8 nitrogen and oxygen atoms in total. The van der Waals surface area contributed by atoms with Crippen LogP contribution in [0.15, 0.2) is 12.4 Å². The van der Waals surface area contributed by atoms with Crippen molar-refractivity contribution in [2.45, 2.75) is 19.3 Å². The van der Waals surface area contributed by atoms with Crippen molar-refractivity contribution in [3.05, 3.63) is 22.5 Å². The van der Waals surface area contributed by atoms with E-state index in [-0.39, 0.29) is 6.10 Å². The second-order valence-corrected chi connectivity index (χ2v) is 3.02. The molecule has 1 aliphatic heterocycles. The maximum absolute atomic E-state index is 10.6. The van der Waals surface area contributed by atoms with Gasteiger partial charge in [0.15, 0.2) is 0 Å². The van der Waals surface area contributed by atoms with Gasteiger partial charge in [-0.05, 0) is 6.92 Å². The van der Waals surface area contributed by atoms with Gasteiger partial charge >= 0.3 is 6.29 Å². The Hall–Kier alpha value is -1.38. The van der Waals surface area contributed by atoms with Crippen molar-refractivity contribution >= 4 is 0 Å². The van der Waals surface area contributed by atoms with Crippen molar-refractivity contribution in [2.24, 2.45) is 11.7 Å². The monoisotopic (exact) mass is 203 g/mol. The van der Waals surface area contributed by atoms with E-state index >= 15 is 0 Å². The highest BCUT2D eigenvalue weighted by molar-refractivity contribution is 4.91. The molecular weight excluding hydrogens is 190 g/mol. The average Bonchev–Trinajstić information content (AvgIpc) is 2.46. The Labute approximate surface area is 80.8 Å². The van der Waals surface area contributed by atoms with Gasteiger partial charge in [0.2, 0.25) is 0 Å². The van der Waals surface area contributed by atoms with Crippen LogP contribution in [0.3, 0.4) is 0 Å². The molecule has 1 heterocycles. The highest BCUT2D eigenvalue weighted by Crippen LogP contribution is 2.13. The highest BCUT2D eigenvalue weighted by atomic mass is 16.6. The molecule has 0 spiro atoms. The van der Waals surface area contributed by atoms with Gasteiger partial charge in [-0.2, -0.15) is 0 Å². The first-order valence-electron chi connectivity index (χ1n) is 4.02. The number of nitro groups is 1. The third kappa shape index (κ3) is 2.10. The Balaban J connectivity index is 2.60. The molecule has 14 heavy (non-hydrogen) atoms. The third-order valence-corrected chi connectivity index (χ3v) is 1.88. The van der Waals surface area contributed by atoms with Crippen molar-refractivity contribution in [3.8, 4) is 0 Å². The second-order valence-electron chi connectivity index (χ2n) is 3.02. The quantitative estimate of drug-likeness (QED) is 0.335. The van der Waals surface area contributed by atoms with E-state index in [2.05, 4.69) is 4.84 Å². The van der Waals surface area contributed by atoms with E-state index in [0.717, 1.165) is 5.01 Å². The molecule has 0 bridgehead atoms. The number of nitrogens with zero attached hydrogens (tertiary/aromatic N) is 3. The fraction of sp³-hybridized carbons (Fsp3) is 0.667. The minimum atomic E-state index is -1.08. The van der Waals surface area contributed by atoms with Crippen molar-refractivity contribution < 1.29 is 9.76 Å². The van der Waals surface area contributed by atoms with Crippen LogP contribution in [-0.4, -0.2) is 33.8 Å². The lowest BCUT2D eigenvalue weighted by atomic mass is 10.4. The molecule has 0 saturated heterocycles. The zero-order valence-corrected chi connectivity index (χ0v) is 7.74. The lowest BCUT2D eigenvalue weighted by Gasteiger charge is -2.23. The number of nitrogens with two attached hydrogens (primary N) is 2. The van der Waals surface area contributed by atoms with E-state index in [1.165, 1.54) is 17.3 Å². The Morgan fingerprint density at radius 3 is 2.86 bits per heavy atom. The molecule has 1 rings (SSSR count). The van der Waals surface area contributed by atoms with E-state index in [9.17, 15) is 10.1 Å². The van der Waals surface area contributed by atoms with Crippen molar-refractivity contribution in [1.82, 2.24) is 9.91 Å². The van der Waals surface area contributed by atoms with Gasteiger partial charge < -0.3 is 0 Å². The summed E-state index contributed by atoms with van der Waals surface area (Å²) in [6.07, 6.45) is 1.58. The summed E-state index contributed by atoms with van der Waals surface area (Å²) < 4.78 is 0. The minimum absolute atomic E-state index is 0.298. The highest BCUT2D eigenvalue weighted by Gasteiger charge is 2.35. The first-order chi connectivity index (χ1) is 6.56. The van der Waals surface area contributed by atoms with Crippen LogP contribution in [0.5, 0.6) is 0 Å². The molecule has 0 aromatic rings. The largest absolute Gasteiger partial charge is 0.380 e. The van der Waals surface area contributed by atoms with Gasteiger partial charge in [-0.1, -0.05) is 0 Å². The van der Waals surface area contributed by atoms with Crippen LogP contribution in [0, 0.1) is 10.1 Å². The predicted molar refractivity (Wildman–Crippen MR) is 47.4 cm³/mol. The molecule has 1 aliphatic rings. The van der Waals surface area contributed by atoms with Crippen LogP contribution in [0.4, 0.5) is 0 Å². The van der Waals surface area contributed by atoms with E-state index in [1.54, 1.807) is 6.92 Å². The smallest absolute Gasteiger partial charge is 0.300 e. The molecule has 0 saturated carbocycles. The zero-order chi connectivity index (χ0) is 10.7. The van der Waals surface area contributed by atoms with Crippen molar-refractivity contribution in [3.63, 3.8) is 0 Å². The summed E-state index contributed by atoms with van der Waals surface area (Å²) in [5.74, 6) is 10.3. The average molecular weight is 203 g/mol. The summed E-state index contributed by atoms with van der Waals surface area (Å²) in [6, 6.07) is 0. The Morgan fingerprint density at radius 2 is 2.36 bits per heavy atom. The van der Waals surface area contributed by atoms with Crippen molar-refractivity contribution in [1.29, 1.82) is 0 Å². The third-order valence-electron chi connectivity index (χ3n) is 1.88. The maximum atomic E-state index is 10.6. The molecule has 0 aromatic carbocycles. The summed E-state index contributed by atoms with van der Waals surface area (Å²) in [5, 5.41) is 11.6. The Morgan fingerprint density at radius 1 is 1.71 bits per heavy atom. The van der Waals surface area contributed by atoms with E-state index in [1.807, 2.05) is 0 Å². The van der Waals surface area contributed by atoms with E-state index < -0.39 is 11.2 Å². The van der Waals surface area contributed by atoms with Gasteiger partial charge in [0.05, 0.1) is 17.6 Å². The molecular formula is C6H13N5O3. The minimum Gasteiger partial charge on any atom is -0.300 e. The van der Waals surface area contributed by atoms with Gasteiger partial charge in [0, 0.05) is 12.4 Å². The summed E-state index contributed by atoms with van der Waals surface area (Å²) in [6.45, 7) is 2.02. The number of hydrogen-bond donors (Lipinski definition) is 2. The van der Waals surface area contributed by atoms with Gasteiger partial charge in [0.1, 0.15) is 0 Å². The Bertz CT molecular complexity index is 246. The van der Waals surface area contributed by atoms with Crippen LogP contribution in [0.25, 0.3) is 0 Å². The van der Waals surface area contributed by atoms with Crippen LogP contribution in [0.2, 0.25) is 0 Å². The maximum Gasteiger partial charge on any atom is 0.380 e. The molecule has 4 N–H and O–H groups in total. The fourth-order valence-electron chi connectivity index (χ4n) is 1.21. The molecule has 2 unspecified atom stereocenters. The molecule has 80 valence electrons. The number of hydrazine groups is 1. The second kappa shape index (κ2) is 4.22. The zero-order valence-electron chi connectivity index (χ0n) is 7.74. The topological polar surface area (TPSA) is 111 Å². The molecule has 0 fully saturated rings. The van der Waals surface area contributed by atoms with Crippen LogP contribution in [0.1, 0.15) is 6.92 Å². The van der Waals surface area contributed by atoms with Crippen LogP contribution >= 0.6 is 0 Å². The summed E-state index contributed by atoms with van der Waals surface area (Å²) in [7, 11) is 0. The van der Waals surface area contributed by atoms with Gasteiger partial charge in [0.25, 0.3) is 0 Å². The van der Waals surface area contributed by atoms with Gasteiger partial charge in [-0.15, -0.1) is 0 Å². The molecule has 0 aliphatic carbocycles. The van der Waals surface area contributed by atoms with E-state index in [4.69, 9.17) is 11.7 Å². The summed E-state index contributed by atoms with van der Waals surface area (Å²) >= 11 is 0. The number of hydrogen-bond acceptors (Lipinski definition) is 7. The molecule has 0 aromatic heterocycles. The lowest BCUT2D eigenvalue weighted by molar-refractivity contribution is -0.570. The molecule has 0 radical (unpaired) electrons. The SMILES string of the molecule is CC(CN1C=CN(N)C1[N+](=O)[O-])ON. The fourth-order valence-corrected chi connectivity index (χ4v) is 1.21. The first-order valence-corrected chi connectivity index (χ1v) is 4.02. The Kier molecular flexibility index (Phi) is 3.23. The summed E-state index contributed by atoms with van der Waals surface area (Å²) in [5.41, 5.74) is 0. The lowest BCUT2D eigenvalue weighted by Crippen LogP contribution is -2.49. The molecule has 2 atom stereocenters. The summed E-state index contributed by atoms with van der Waals surface area (Å²) in [4.78, 5) is 16.1. The van der Waals surface area contributed by atoms with Gasteiger partial charge in [-0.25, -0.2) is 16.7 Å². The normalized spacial score (nSPS) is 22.9. The van der Waals surface area contributed by atoms with Crippen LogP contribution < -0.4 is 11.7 Å². The standard InChI is InChI=1S/C6H13N5O3/c1-5(14-8)4-9-2-3-10(7)6(9)11(12)13/h2-3,5-6H,4,7-8H2,1H3. The van der Waals surface area contributed by atoms with Crippen molar-refractivity contribution in [2.75, 3.05) is 6.54 Å². The van der Waals surface area contributed by atoms with Gasteiger partial charge in [-0.3, -0.25) is 19.9 Å². The van der Waals surface area contributed by atoms with Crippen LogP contribution in [-0.2, 0) is 4.84 Å². The molecule has 8 heteroatoms. The molecule has 0 amide bonds. The predicted octanol–water partition coefficient (Wildman–Crippen LogP) is -1.21.